The summed E-state index contributed by atoms with van der Waals surface area (Å²) in [5.74, 6) is 1.32. The summed E-state index contributed by atoms with van der Waals surface area (Å²) in [6.07, 6.45) is 0. The number of nitrogens with one attached hydrogen (secondary N) is 1. The second kappa shape index (κ2) is 5.20. The minimum Gasteiger partial charge on any atom is -0.733 e. The van der Waals surface area contributed by atoms with Crippen LogP contribution in [0.4, 0.5) is 5.69 Å². The molecular weight excluding hydrogens is 258 g/mol. The molecule has 0 amide bonds. The van der Waals surface area contributed by atoms with E-state index in [4.69, 9.17) is 9.94 Å². The van der Waals surface area contributed by atoms with Gasteiger partial charge in [0.05, 0.1) is 16.7 Å². The topological polar surface area (TPSA) is 84.4 Å². The Hall–Kier alpha value is -2.57. The molecular formula is C14H12N3O3-. The van der Waals surface area contributed by atoms with Gasteiger partial charge in [0.2, 0.25) is 0 Å². The van der Waals surface area contributed by atoms with Crippen LogP contribution in [0, 0.1) is 5.21 Å². The van der Waals surface area contributed by atoms with Gasteiger partial charge in [-0.25, -0.2) is 4.98 Å². The monoisotopic (exact) mass is 270 g/mol. The molecule has 0 atom stereocenters. The smallest absolute Gasteiger partial charge is 0.146 e. The van der Waals surface area contributed by atoms with E-state index in [2.05, 4.69) is 9.97 Å². The lowest BCUT2D eigenvalue weighted by atomic mass is 10.3. The van der Waals surface area contributed by atoms with Crippen LogP contribution in [0.15, 0.2) is 48.5 Å². The molecule has 2 aromatic carbocycles. The van der Waals surface area contributed by atoms with Gasteiger partial charge in [-0.1, -0.05) is 12.1 Å². The maximum absolute atomic E-state index is 10.7. The molecule has 0 aliphatic carbocycles. The summed E-state index contributed by atoms with van der Waals surface area (Å²) in [5.41, 5.74) is 2.01. The molecule has 0 radical (unpaired) electrons. The molecule has 3 aromatic rings. The van der Waals surface area contributed by atoms with Crippen molar-refractivity contribution in [3.8, 4) is 5.75 Å². The number of benzene rings is 2. The van der Waals surface area contributed by atoms with Crippen molar-refractivity contribution >= 4 is 16.7 Å². The zero-order chi connectivity index (χ0) is 13.9. The van der Waals surface area contributed by atoms with E-state index in [1.807, 2.05) is 24.3 Å². The van der Waals surface area contributed by atoms with Crippen LogP contribution in [0.25, 0.3) is 11.0 Å². The molecule has 102 valence electrons. The number of aromatic amines is 1. The number of rotatable bonds is 4. The highest BCUT2D eigenvalue weighted by Crippen LogP contribution is 2.19. The second-order valence-electron chi connectivity index (χ2n) is 4.26. The zero-order valence-electron chi connectivity index (χ0n) is 10.5. The third kappa shape index (κ3) is 2.56. The van der Waals surface area contributed by atoms with Crippen molar-refractivity contribution < 1.29 is 9.94 Å². The zero-order valence-corrected chi connectivity index (χ0v) is 10.5. The van der Waals surface area contributed by atoms with E-state index >= 15 is 0 Å². The Bertz CT molecular complexity index is 674. The molecule has 0 bridgehead atoms. The summed E-state index contributed by atoms with van der Waals surface area (Å²) in [4.78, 5) is 7.56. The molecule has 0 unspecified atom stereocenters. The van der Waals surface area contributed by atoms with Crippen LogP contribution in [-0.4, -0.2) is 15.2 Å². The van der Waals surface area contributed by atoms with Gasteiger partial charge in [0.25, 0.3) is 0 Å². The minimum atomic E-state index is -0.191. The van der Waals surface area contributed by atoms with Crippen LogP contribution in [0.5, 0.6) is 5.75 Å². The van der Waals surface area contributed by atoms with Gasteiger partial charge in [0, 0.05) is 0 Å². The van der Waals surface area contributed by atoms with Crippen molar-refractivity contribution in [2.24, 2.45) is 0 Å². The SMILES string of the molecule is [O-]N(O)c1ccc(OCc2nc3ccccc3[nH]2)cc1. The number of anilines is 1. The Labute approximate surface area is 114 Å². The van der Waals surface area contributed by atoms with Crippen molar-refractivity contribution in [2.45, 2.75) is 6.61 Å². The van der Waals surface area contributed by atoms with E-state index in [0.717, 1.165) is 16.9 Å². The molecule has 0 fully saturated rings. The highest BCUT2D eigenvalue weighted by Gasteiger charge is 2.03. The molecule has 2 N–H and O–H groups in total. The predicted molar refractivity (Wildman–Crippen MR) is 74.5 cm³/mol. The van der Waals surface area contributed by atoms with E-state index in [-0.39, 0.29) is 10.9 Å². The first-order chi connectivity index (χ1) is 9.72. The average Bonchev–Trinajstić information content (AvgIpc) is 2.88. The van der Waals surface area contributed by atoms with Crippen molar-refractivity contribution in [3.63, 3.8) is 0 Å². The van der Waals surface area contributed by atoms with Gasteiger partial charge in [-0.05, 0) is 36.4 Å². The quantitative estimate of drug-likeness (QED) is 0.712. The van der Waals surface area contributed by atoms with Crippen molar-refractivity contribution in [1.82, 2.24) is 9.97 Å². The Balaban J connectivity index is 1.69. The number of fused-ring (bicyclic) bond motifs is 1. The fourth-order valence-electron chi connectivity index (χ4n) is 1.90. The first-order valence-electron chi connectivity index (χ1n) is 6.05. The maximum Gasteiger partial charge on any atom is 0.146 e. The van der Waals surface area contributed by atoms with Crippen LogP contribution >= 0.6 is 0 Å². The molecule has 1 heterocycles. The fourth-order valence-corrected chi connectivity index (χ4v) is 1.90. The molecule has 6 heteroatoms. The molecule has 20 heavy (non-hydrogen) atoms. The Morgan fingerprint density at radius 3 is 2.60 bits per heavy atom. The third-order valence-electron chi connectivity index (χ3n) is 2.87. The molecule has 0 saturated carbocycles. The first kappa shape index (κ1) is 12.5. The van der Waals surface area contributed by atoms with Crippen molar-refractivity contribution in [1.29, 1.82) is 0 Å². The van der Waals surface area contributed by atoms with Gasteiger partial charge in [-0.2, -0.15) is 0 Å². The lowest BCUT2D eigenvalue weighted by Crippen LogP contribution is -2.06. The standard InChI is InChI=1S/C14H12N3O3/c18-17(19)10-5-7-11(8-6-10)20-9-14-15-12-3-1-2-4-13(12)16-14/h1-8,18H,9H2,(H,15,16)/q-1. The van der Waals surface area contributed by atoms with Crippen LogP contribution in [-0.2, 0) is 6.61 Å². The van der Waals surface area contributed by atoms with E-state index in [1.54, 1.807) is 12.1 Å². The minimum absolute atomic E-state index is 0.154. The third-order valence-corrected chi connectivity index (χ3v) is 2.87. The molecule has 0 aliphatic rings. The van der Waals surface area contributed by atoms with Gasteiger partial charge >= 0.3 is 0 Å². The highest BCUT2D eigenvalue weighted by molar-refractivity contribution is 5.74. The number of aromatic nitrogens is 2. The van der Waals surface area contributed by atoms with Crippen LogP contribution in [0.2, 0.25) is 0 Å². The number of hydrogen-bond acceptors (Lipinski definition) is 5. The maximum atomic E-state index is 10.7. The van der Waals surface area contributed by atoms with Crippen LogP contribution in [0.3, 0.4) is 0 Å². The van der Waals surface area contributed by atoms with Crippen molar-refractivity contribution in [2.75, 3.05) is 5.23 Å². The molecule has 3 rings (SSSR count). The van der Waals surface area contributed by atoms with E-state index in [9.17, 15) is 5.21 Å². The summed E-state index contributed by atoms with van der Waals surface area (Å²) in [5, 5.41) is 19.2. The van der Waals surface area contributed by atoms with E-state index < -0.39 is 0 Å². The Morgan fingerprint density at radius 2 is 1.90 bits per heavy atom. The Kier molecular flexibility index (Phi) is 3.24. The van der Waals surface area contributed by atoms with E-state index in [1.165, 1.54) is 12.1 Å². The number of imidazole rings is 1. The predicted octanol–water partition coefficient (Wildman–Crippen LogP) is 2.84. The summed E-state index contributed by atoms with van der Waals surface area (Å²) in [6, 6.07) is 13.9. The molecule has 6 nitrogen and oxygen atoms in total. The van der Waals surface area contributed by atoms with Crippen LogP contribution < -0.4 is 9.96 Å². The van der Waals surface area contributed by atoms with Gasteiger partial charge in [-0.15, -0.1) is 0 Å². The molecule has 0 saturated heterocycles. The van der Waals surface area contributed by atoms with Crippen molar-refractivity contribution in [3.05, 3.63) is 59.6 Å². The normalized spacial score (nSPS) is 10.7. The highest BCUT2D eigenvalue weighted by atomic mass is 16.8. The van der Waals surface area contributed by atoms with E-state index in [0.29, 0.717) is 12.4 Å². The average molecular weight is 270 g/mol. The molecule has 0 aliphatic heterocycles. The second-order valence-corrected chi connectivity index (χ2v) is 4.26. The van der Waals surface area contributed by atoms with Gasteiger partial charge in [-0.3, -0.25) is 5.21 Å². The van der Waals surface area contributed by atoms with Gasteiger partial charge < -0.3 is 20.2 Å². The van der Waals surface area contributed by atoms with Gasteiger partial charge in [0.15, 0.2) is 0 Å². The fraction of sp³-hybridized carbons (Fsp3) is 0.0714. The van der Waals surface area contributed by atoms with Gasteiger partial charge in [0.1, 0.15) is 18.2 Å². The number of nitrogens with zero attached hydrogens (tertiary/aromatic N) is 2. The summed E-state index contributed by atoms with van der Waals surface area (Å²) in [6.45, 7) is 0.300. The lowest BCUT2D eigenvalue weighted by molar-refractivity contribution is 0.292. The molecule has 1 aromatic heterocycles. The number of ether oxygens (including phenoxy) is 1. The number of hydrogen-bond donors (Lipinski definition) is 2. The summed E-state index contributed by atoms with van der Waals surface area (Å²) >= 11 is 0. The first-order valence-corrected chi connectivity index (χ1v) is 6.05. The number of para-hydroxylation sites is 2. The lowest BCUT2D eigenvalue weighted by Gasteiger charge is -2.21. The van der Waals surface area contributed by atoms with Crippen LogP contribution in [0.1, 0.15) is 5.82 Å². The largest absolute Gasteiger partial charge is 0.733 e. The number of H-pyrrole nitrogens is 1. The molecule has 0 spiro atoms. The Morgan fingerprint density at radius 1 is 1.15 bits per heavy atom. The summed E-state index contributed by atoms with van der Waals surface area (Å²) < 4.78 is 5.56. The summed E-state index contributed by atoms with van der Waals surface area (Å²) in [7, 11) is 0.